The first-order valence-electron chi connectivity index (χ1n) is 6.21. The summed E-state index contributed by atoms with van der Waals surface area (Å²) < 4.78 is 1.78. The molecule has 4 nitrogen and oxygen atoms in total. The average Bonchev–Trinajstić information content (AvgIpc) is 2.84. The van der Waals surface area contributed by atoms with Crippen molar-refractivity contribution in [1.82, 2.24) is 4.98 Å². The van der Waals surface area contributed by atoms with E-state index in [-0.39, 0.29) is 6.03 Å². The fourth-order valence-electron chi connectivity index (χ4n) is 2.05. The van der Waals surface area contributed by atoms with Crippen LogP contribution in [-0.2, 0) is 0 Å². The predicted molar refractivity (Wildman–Crippen MR) is 92.8 cm³/mol. The van der Waals surface area contributed by atoms with E-state index in [9.17, 15) is 4.79 Å². The Labute approximate surface area is 138 Å². The monoisotopic (exact) mass is 407 g/mol. The minimum atomic E-state index is -0.286. The molecule has 0 aliphatic carbocycles. The normalized spacial score (nSPS) is 10.6. The largest absolute Gasteiger partial charge is 0.361 e. The van der Waals surface area contributed by atoms with Crippen molar-refractivity contribution in [1.29, 1.82) is 0 Å². The van der Waals surface area contributed by atoms with E-state index in [1.807, 2.05) is 48.7 Å². The Bertz CT molecular complexity index is 793. The van der Waals surface area contributed by atoms with Gasteiger partial charge in [0.05, 0.1) is 0 Å². The summed E-state index contributed by atoms with van der Waals surface area (Å²) in [4.78, 5) is 15.1. The summed E-state index contributed by atoms with van der Waals surface area (Å²) in [5.74, 6) is 0. The number of carbonyl (C=O) groups excluding carboxylic acids is 1. The van der Waals surface area contributed by atoms with E-state index < -0.39 is 0 Å². The first-order valence-corrected chi connectivity index (χ1v) is 7.80. The molecule has 0 fully saturated rings. The number of aromatic amines is 1. The Hall–Kier alpha value is -1.79. The van der Waals surface area contributed by atoms with Crippen molar-refractivity contribution in [3.05, 3.63) is 57.6 Å². The molecule has 0 saturated carbocycles. The van der Waals surface area contributed by atoms with Gasteiger partial charge in [-0.05, 0) is 41.8 Å². The van der Waals surface area contributed by atoms with Crippen LogP contribution in [-0.4, -0.2) is 11.0 Å². The molecule has 21 heavy (non-hydrogen) atoms. The Morgan fingerprint density at radius 2 is 1.62 bits per heavy atom. The third-order valence-electron chi connectivity index (χ3n) is 2.93. The number of urea groups is 1. The van der Waals surface area contributed by atoms with E-state index in [4.69, 9.17) is 0 Å². The van der Waals surface area contributed by atoms with Gasteiger partial charge in [-0.3, -0.25) is 0 Å². The summed E-state index contributed by atoms with van der Waals surface area (Å²) in [5, 5.41) is 6.71. The van der Waals surface area contributed by atoms with E-state index in [0.29, 0.717) is 5.69 Å². The Balaban J connectivity index is 1.73. The van der Waals surface area contributed by atoms with Gasteiger partial charge in [0.1, 0.15) is 0 Å². The molecule has 106 valence electrons. The van der Waals surface area contributed by atoms with Crippen molar-refractivity contribution >= 4 is 60.2 Å². The summed E-state index contributed by atoms with van der Waals surface area (Å²) in [6.07, 6.45) is 1.87. The standard InChI is InChI=1S/C15H11Br2N3O/c16-10-5-11(17)7-13(6-10)20-15(21)19-12-2-1-9-3-4-18-14(9)8-12/h1-8,18H,(H2,19,20,21). The van der Waals surface area contributed by atoms with Gasteiger partial charge in [0.15, 0.2) is 0 Å². The van der Waals surface area contributed by atoms with E-state index >= 15 is 0 Å². The molecule has 1 heterocycles. The number of amides is 2. The highest BCUT2D eigenvalue weighted by molar-refractivity contribution is 9.11. The van der Waals surface area contributed by atoms with Crippen LogP contribution in [0.2, 0.25) is 0 Å². The molecule has 3 N–H and O–H groups in total. The number of fused-ring (bicyclic) bond motifs is 1. The Morgan fingerprint density at radius 3 is 2.38 bits per heavy atom. The van der Waals surface area contributed by atoms with Crippen molar-refractivity contribution in [2.75, 3.05) is 10.6 Å². The van der Waals surface area contributed by atoms with Crippen LogP contribution < -0.4 is 10.6 Å². The zero-order chi connectivity index (χ0) is 14.8. The average molecular weight is 409 g/mol. The molecular weight excluding hydrogens is 398 g/mol. The molecule has 0 atom stereocenters. The summed E-state index contributed by atoms with van der Waals surface area (Å²) >= 11 is 6.77. The van der Waals surface area contributed by atoms with Gasteiger partial charge in [-0.15, -0.1) is 0 Å². The quantitative estimate of drug-likeness (QED) is 0.526. The fourth-order valence-corrected chi connectivity index (χ4v) is 3.34. The highest BCUT2D eigenvalue weighted by Gasteiger charge is 2.05. The summed E-state index contributed by atoms with van der Waals surface area (Å²) in [6, 6.07) is 13.0. The topological polar surface area (TPSA) is 56.9 Å². The van der Waals surface area contributed by atoms with E-state index in [1.165, 1.54) is 0 Å². The van der Waals surface area contributed by atoms with E-state index in [2.05, 4.69) is 47.5 Å². The third-order valence-corrected chi connectivity index (χ3v) is 3.85. The van der Waals surface area contributed by atoms with Gasteiger partial charge in [-0.2, -0.15) is 0 Å². The van der Waals surface area contributed by atoms with Crippen molar-refractivity contribution in [2.45, 2.75) is 0 Å². The number of halogens is 2. The number of carbonyl (C=O) groups is 1. The molecule has 1 aromatic heterocycles. The lowest BCUT2D eigenvalue weighted by molar-refractivity contribution is 0.262. The molecular formula is C15H11Br2N3O. The predicted octanol–water partition coefficient (Wildman–Crippen LogP) is 5.34. The molecule has 0 aliphatic rings. The molecule has 3 rings (SSSR count). The zero-order valence-corrected chi connectivity index (χ0v) is 14.0. The van der Waals surface area contributed by atoms with Crippen LogP contribution >= 0.6 is 31.9 Å². The van der Waals surface area contributed by atoms with Crippen LogP contribution in [0.4, 0.5) is 16.2 Å². The van der Waals surface area contributed by atoms with E-state index in [0.717, 1.165) is 25.5 Å². The third kappa shape index (κ3) is 3.46. The number of hydrogen-bond acceptors (Lipinski definition) is 1. The first kappa shape index (κ1) is 14.2. The summed E-state index contributed by atoms with van der Waals surface area (Å²) in [6.45, 7) is 0. The molecule has 0 radical (unpaired) electrons. The van der Waals surface area contributed by atoms with Crippen molar-refractivity contribution < 1.29 is 4.79 Å². The van der Waals surface area contributed by atoms with E-state index in [1.54, 1.807) is 0 Å². The Morgan fingerprint density at radius 1 is 0.905 bits per heavy atom. The number of hydrogen-bond donors (Lipinski definition) is 3. The van der Waals surface area contributed by atoms with Crippen LogP contribution in [0.5, 0.6) is 0 Å². The second kappa shape index (κ2) is 5.91. The molecule has 0 unspecified atom stereocenters. The number of H-pyrrole nitrogens is 1. The number of anilines is 2. The lowest BCUT2D eigenvalue weighted by Crippen LogP contribution is -2.19. The molecule has 3 aromatic rings. The van der Waals surface area contributed by atoms with Crippen LogP contribution in [0.15, 0.2) is 57.6 Å². The Kier molecular flexibility index (Phi) is 3.98. The second-order valence-electron chi connectivity index (χ2n) is 4.52. The smallest absolute Gasteiger partial charge is 0.323 e. The first-order chi connectivity index (χ1) is 10.1. The minimum absolute atomic E-state index is 0.286. The van der Waals surface area contributed by atoms with Crippen LogP contribution in [0.25, 0.3) is 10.9 Å². The fraction of sp³-hybridized carbons (Fsp3) is 0. The highest BCUT2D eigenvalue weighted by Crippen LogP contribution is 2.23. The maximum atomic E-state index is 12.0. The molecule has 6 heteroatoms. The van der Waals surface area contributed by atoms with Gasteiger partial charge in [-0.1, -0.05) is 37.9 Å². The molecule has 2 amide bonds. The maximum Gasteiger partial charge on any atom is 0.323 e. The highest BCUT2D eigenvalue weighted by atomic mass is 79.9. The SMILES string of the molecule is O=C(Nc1cc(Br)cc(Br)c1)Nc1ccc2cc[nH]c2c1. The van der Waals surface area contributed by atoms with Crippen LogP contribution in [0, 0.1) is 0 Å². The van der Waals surface area contributed by atoms with Crippen molar-refractivity contribution in [2.24, 2.45) is 0 Å². The van der Waals surface area contributed by atoms with Gasteiger partial charge in [0.2, 0.25) is 0 Å². The van der Waals surface area contributed by atoms with Gasteiger partial charge in [-0.25, -0.2) is 4.79 Å². The number of rotatable bonds is 2. The van der Waals surface area contributed by atoms with Crippen LogP contribution in [0.3, 0.4) is 0 Å². The molecule has 0 aliphatic heterocycles. The molecule has 2 aromatic carbocycles. The maximum absolute atomic E-state index is 12.0. The molecule has 0 saturated heterocycles. The van der Waals surface area contributed by atoms with Gasteiger partial charge < -0.3 is 15.6 Å². The number of benzene rings is 2. The van der Waals surface area contributed by atoms with Crippen molar-refractivity contribution in [3.8, 4) is 0 Å². The molecule has 0 spiro atoms. The zero-order valence-electron chi connectivity index (χ0n) is 10.8. The van der Waals surface area contributed by atoms with Crippen molar-refractivity contribution in [3.63, 3.8) is 0 Å². The summed E-state index contributed by atoms with van der Waals surface area (Å²) in [7, 11) is 0. The number of nitrogens with one attached hydrogen (secondary N) is 3. The van der Waals surface area contributed by atoms with Gasteiger partial charge in [0.25, 0.3) is 0 Å². The van der Waals surface area contributed by atoms with Gasteiger partial charge in [0, 0.05) is 32.0 Å². The molecule has 0 bridgehead atoms. The summed E-state index contributed by atoms with van der Waals surface area (Å²) in [5.41, 5.74) is 2.42. The van der Waals surface area contributed by atoms with Gasteiger partial charge >= 0.3 is 6.03 Å². The second-order valence-corrected chi connectivity index (χ2v) is 6.35. The minimum Gasteiger partial charge on any atom is -0.361 e. The number of aromatic nitrogens is 1. The van der Waals surface area contributed by atoms with Crippen LogP contribution in [0.1, 0.15) is 0 Å². The lowest BCUT2D eigenvalue weighted by Gasteiger charge is -2.08. The lowest BCUT2D eigenvalue weighted by atomic mass is 10.2.